The summed E-state index contributed by atoms with van der Waals surface area (Å²) in [7, 11) is 0. The zero-order valence-corrected chi connectivity index (χ0v) is 8.19. The predicted octanol–water partition coefficient (Wildman–Crippen LogP) is 1.48. The lowest BCUT2D eigenvalue weighted by Gasteiger charge is -2.09. The van der Waals surface area contributed by atoms with E-state index in [1.54, 1.807) is 0 Å². The van der Waals surface area contributed by atoms with Crippen molar-refractivity contribution in [3.05, 3.63) is 27.1 Å². The summed E-state index contributed by atoms with van der Waals surface area (Å²) in [5.41, 5.74) is -1.16. The fraction of sp³-hybridized carbons (Fsp3) is 0.286. The molecule has 4 nitrogen and oxygen atoms in total. The van der Waals surface area contributed by atoms with Crippen molar-refractivity contribution in [1.29, 1.82) is 0 Å². The van der Waals surface area contributed by atoms with Crippen LogP contribution in [0.1, 0.15) is 11.3 Å². The van der Waals surface area contributed by atoms with Gasteiger partial charge in [-0.05, 0) is 6.92 Å². The Hall–Kier alpha value is -1.44. The Morgan fingerprint density at radius 2 is 2.13 bits per heavy atom. The number of halogens is 3. The third kappa shape index (κ3) is 1.50. The quantitative estimate of drug-likeness (QED) is 0.694. The fourth-order valence-electron chi connectivity index (χ4n) is 1.21. The number of rotatable bonds is 0. The molecule has 0 unspecified atom stereocenters. The van der Waals surface area contributed by atoms with E-state index in [4.69, 9.17) is 0 Å². The maximum absolute atomic E-state index is 12.6. The Morgan fingerprint density at radius 1 is 1.47 bits per heavy atom. The van der Waals surface area contributed by atoms with Gasteiger partial charge in [0, 0.05) is 5.56 Å². The molecule has 0 spiro atoms. The van der Waals surface area contributed by atoms with Crippen LogP contribution >= 0.6 is 11.3 Å². The van der Waals surface area contributed by atoms with Crippen molar-refractivity contribution in [3.63, 3.8) is 0 Å². The Kier molecular flexibility index (Phi) is 2.03. The second-order valence-electron chi connectivity index (χ2n) is 2.82. The minimum atomic E-state index is -4.61. The number of hydrogen-bond acceptors (Lipinski definition) is 4. The lowest BCUT2D eigenvalue weighted by atomic mass is 10.2. The molecule has 8 heteroatoms. The summed E-state index contributed by atoms with van der Waals surface area (Å²) < 4.78 is 38.5. The molecule has 0 amide bonds. The molecule has 15 heavy (non-hydrogen) atoms. The van der Waals surface area contributed by atoms with Gasteiger partial charge in [-0.1, -0.05) is 11.3 Å². The van der Waals surface area contributed by atoms with Crippen LogP contribution < -0.4 is 5.56 Å². The van der Waals surface area contributed by atoms with Gasteiger partial charge in [0.15, 0.2) is 5.69 Å². The van der Waals surface area contributed by atoms with Gasteiger partial charge < -0.3 is 0 Å². The van der Waals surface area contributed by atoms with Crippen LogP contribution in [0.2, 0.25) is 0 Å². The van der Waals surface area contributed by atoms with Crippen molar-refractivity contribution in [2.75, 3.05) is 0 Å². The van der Waals surface area contributed by atoms with E-state index in [2.05, 4.69) is 10.1 Å². The van der Waals surface area contributed by atoms with Gasteiger partial charge >= 0.3 is 6.18 Å². The smallest absolute Gasteiger partial charge is 0.267 e. The lowest BCUT2D eigenvalue weighted by molar-refractivity contribution is -0.143. The lowest BCUT2D eigenvalue weighted by Crippen LogP contribution is -2.23. The SMILES string of the molecule is Cc1c(C(F)(F)F)n2ncsc2nc1=O. The van der Waals surface area contributed by atoms with Crippen molar-refractivity contribution in [3.8, 4) is 0 Å². The summed E-state index contributed by atoms with van der Waals surface area (Å²) >= 11 is 0.881. The van der Waals surface area contributed by atoms with E-state index in [-0.39, 0.29) is 4.96 Å². The molecule has 0 atom stereocenters. The van der Waals surface area contributed by atoms with Crippen LogP contribution in [-0.4, -0.2) is 14.6 Å². The summed E-state index contributed by atoms with van der Waals surface area (Å²) in [6.45, 7) is 1.09. The minimum absolute atomic E-state index is 0.0575. The molecule has 0 bridgehead atoms. The van der Waals surface area contributed by atoms with Crippen LogP contribution in [0.25, 0.3) is 4.96 Å². The van der Waals surface area contributed by atoms with E-state index in [0.717, 1.165) is 18.3 Å². The largest absolute Gasteiger partial charge is 0.433 e. The van der Waals surface area contributed by atoms with E-state index >= 15 is 0 Å². The van der Waals surface area contributed by atoms with Crippen molar-refractivity contribution in [1.82, 2.24) is 14.6 Å². The third-order valence-electron chi connectivity index (χ3n) is 1.86. The zero-order chi connectivity index (χ0) is 11.2. The number of fused-ring (bicyclic) bond motifs is 1. The van der Waals surface area contributed by atoms with Gasteiger partial charge in [-0.25, -0.2) is 0 Å². The first-order valence-corrected chi connectivity index (χ1v) is 4.69. The van der Waals surface area contributed by atoms with Gasteiger partial charge in [-0.15, -0.1) is 0 Å². The maximum Gasteiger partial charge on any atom is 0.433 e. The second kappa shape index (κ2) is 3.02. The molecule has 0 radical (unpaired) electrons. The van der Waals surface area contributed by atoms with Crippen LogP contribution in [0, 0.1) is 6.92 Å². The molecule has 0 aromatic carbocycles. The summed E-state index contributed by atoms with van der Waals surface area (Å²) in [5.74, 6) is 0. The summed E-state index contributed by atoms with van der Waals surface area (Å²) in [6, 6.07) is 0. The van der Waals surface area contributed by atoms with Crippen LogP contribution in [0.4, 0.5) is 13.2 Å². The minimum Gasteiger partial charge on any atom is -0.267 e. The average Bonchev–Trinajstić information content (AvgIpc) is 2.50. The van der Waals surface area contributed by atoms with E-state index in [0.29, 0.717) is 4.52 Å². The highest BCUT2D eigenvalue weighted by atomic mass is 32.1. The number of nitrogens with zero attached hydrogens (tertiary/aromatic N) is 3. The van der Waals surface area contributed by atoms with Crippen molar-refractivity contribution in [2.45, 2.75) is 13.1 Å². The molecule has 0 aliphatic rings. The van der Waals surface area contributed by atoms with Crippen LogP contribution in [0.3, 0.4) is 0 Å². The van der Waals surface area contributed by atoms with Crippen molar-refractivity contribution in [2.24, 2.45) is 0 Å². The van der Waals surface area contributed by atoms with Crippen molar-refractivity contribution >= 4 is 16.3 Å². The number of alkyl halides is 3. The normalized spacial score (nSPS) is 12.3. The Balaban J connectivity index is 2.96. The highest BCUT2D eigenvalue weighted by Gasteiger charge is 2.37. The standard InChI is InChI=1S/C7H4F3N3OS/c1-3-4(7(8,9)10)13-6(12-5(3)14)15-2-11-13/h2H,1H3. The van der Waals surface area contributed by atoms with E-state index in [1.807, 2.05) is 0 Å². The number of aromatic nitrogens is 3. The highest BCUT2D eigenvalue weighted by molar-refractivity contribution is 7.14. The van der Waals surface area contributed by atoms with Gasteiger partial charge in [0.1, 0.15) is 5.51 Å². The molecule has 0 saturated carbocycles. The molecule has 0 N–H and O–H groups in total. The highest BCUT2D eigenvalue weighted by Crippen LogP contribution is 2.30. The molecule has 2 aromatic heterocycles. The molecule has 2 aromatic rings. The summed E-state index contributed by atoms with van der Waals surface area (Å²) in [6.07, 6.45) is -4.61. The molecule has 80 valence electrons. The van der Waals surface area contributed by atoms with E-state index < -0.39 is 23.0 Å². The van der Waals surface area contributed by atoms with E-state index in [1.165, 1.54) is 5.51 Å². The first kappa shape index (κ1) is 10.1. The summed E-state index contributed by atoms with van der Waals surface area (Å²) in [4.78, 5) is 14.6. The predicted molar refractivity (Wildman–Crippen MR) is 46.9 cm³/mol. The first-order valence-electron chi connectivity index (χ1n) is 3.81. The summed E-state index contributed by atoms with van der Waals surface area (Å²) in [5, 5.41) is 3.50. The molecule has 2 rings (SSSR count). The van der Waals surface area contributed by atoms with E-state index in [9.17, 15) is 18.0 Å². The first-order chi connectivity index (χ1) is 6.91. The Morgan fingerprint density at radius 3 is 2.73 bits per heavy atom. The Bertz CT molecular complexity index is 571. The van der Waals surface area contributed by atoms with Gasteiger partial charge in [0.05, 0.1) is 0 Å². The zero-order valence-electron chi connectivity index (χ0n) is 7.37. The fourth-order valence-corrected chi connectivity index (χ4v) is 1.82. The Labute approximate surface area is 85.0 Å². The van der Waals surface area contributed by atoms with Gasteiger partial charge in [-0.3, -0.25) is 4.79 Å². The van der Waals surface area contributed by atoms with Gasteiger partial charge in [0.25, 0.3) is 5.56 Å². The maximum atomic E-state index is 12.6. The van der Waals surface area contributed by atoms with Crippen LogP contribution in [0.15, 0.2) is 10.3 Å². The second-order valence-corrected chi connectivity index (χ2v) is 3.63. The van der Waals surface area contributed by atoms with Gasteiger partial charge in [0.2, 0.25) is 4.96 Å². The van der Waals surface area contributed by atoms with Gasteiger partial charge in [-0.2, -0.15) is 27.8 Å². The van der Waals surface area contributed by atoms with Crippen LogP contribution in [-0.2, 0) is 6.18 Å². The van der Waals surface area contributed by atoms with Crippen molar-refractivity contribution < 1.29 is 13.2 Å². The number of hydrogen-bond donors (Lipinski definition) is 0. The molecule has 0 saturated heterocycles. The topological polar surface area (TPSA) is 47.3 Å². The molecule has 2 heterocycles. The molecular weight excluding hydrogens is 231 g/mol. The third-order valence-corrected chi connectivity index (χ3v) is 2.53. The average molecular weight is 235 g/mol. The molecule has 0 fully saturated rings. The monoisotopic (exact) mass is 235 g/mol. The molecular formula is C7H4F3N3OS. The molecule has 0 aliphatic heterocycles. The van der Waals surface area contributed by atoms with Crippen LogP contribution in [0.5, 0.6) is 0 Å². The molecule has 0 aliphatic carbocycles.